The molecule has 0 aliphatic carbocycles. The summed E-state index contributed by atoms with van der Waals surface area (Å²) < 4.78 is 0. The van der Waals surface area contributed by atoms with Gasteiger partial charge >= 0.3 is 0 Å². The number of carbonyl (C=O) groups is 1. The van der Waals surface area contributed by atoms with Gasteiger partial charge in [0.25, 0.3) is 0 Å². The molecule has 0 unspecified atom stereocenters. The summed E-state index contributed by atoms with van der Waals surface area (Å²) in [7, 11) is 1.87. The van der Waals surface area contributed by atoms with Crippen LogP contribution in [0.3, 0.4) is 0 Å². The number of nitrogen functional groups attached to an aromatic ring is 1. The number of carbonyl (C=O) groups excluding carboxylic acids is 1. The van der Waals surface area contributed by atoms with Crippen LogP contribution in [0, 0.1) is 0 Å². The van der Waals surface area contributed by atoms with E-state index in [4.69, 9.17) is 34.0 Å². The molecular weight excluding hydrogens is 313 g/mol. The second-order valence-corrected chi connectivity index (χ2v) is 5.77. The third-order valence-electron chi connectivity index (χ3n) is 2.96. The average molecular weight is 334 g/mol. The Kier molecular flexibility index (Phi) is 7.82. The van der Waals surface area contributed by atoms with Gasteiger partial charge in [0, 0.05) is 11.6 Å². The molecular formula is C14H21Cl2N3O2. The van der Waals surface area contributed by atoms with Crippen molar-refractivity contribution < 1.29 is 9.90 Å². The molecule has 1 rings (SSSR count). The normalized spacial score (nSPS) is 10.9. The largest absolute Gasteiger partial charge is 0.397 e. The van der Waals surface area contributed by atoms with Gasteiger partial charge in [-0.1, -0.05) is 23.2 Å². The third-order valence-corrected chi connectivity index (χ3v) is 3.48. The second-order valence-electron chi connectivity index (χ2n) is 4.92. The Morgan fingerprint density at radius 1 is 1.33 bits per heavy atom. The topological polar surface area (TPSA) is 78.6 Å². The SMILES string of the molecule is CN(CCCCCO)CC(=O)Nc1c(N)cc(Cl)cc1Cl. The minimum Gasteiger partial charge on any atom is -0.397 e. The molecule has 0 fully saturated rings. The predicted molar refractivity (Wildman–Crippen MR) is 87.9 cm³/mol. The van der Waals surface area contributed by atoms with Crippen molar-refractivity contribution in [2.45, 2.75) is 19.3 Å². The Morgan fingerprint density at radius 3 is 2.67 bits per heavy atom. The van der Waals surface area contributed by atoms with Crippen LogP contribution in [0.5, 0.6) is 0 Å². The van der Waals surface area contributed by atoms with Crippen LogP contribution >= 0.6 is 23.2 Å². The Hall–Kier alpha value is -1.01. The summed E-state index contributed by atoms with van der Waals surface area (Å²) in [6.45, 7) is 1.24. The van der Waals surface area contributed by atoms with E-state index in [1.54, 1.807) is 6.07 Å². The zero-order chi connectivity index (χ0) is 15.8. The number of benzene rings is 1. The van der Waals surface area contributed by atoms with Gasteiger partial charge in [0.15, 0.2) is 0 Å². The molecule has 1 amide bonds. The molecule has 4 N–H and O–H groups in total. The molecule has 118 valence electrons. The van der Waals surface area contributed by atoms with Crippen molar-refractivity contribution >= 4 is 40.5 Å². The fourth-order valence-corrected chi connectivity index (χ4v) is 2.46. The molecule has 0 bridgehead atoms. The summed E-state index contributed by atoms with van der Waals surface area (Å²) in [6.07, 6.45) is 2.67. The molecule has 0 aliphatic heterocycles. The van der Waals surface area contributed by atoms with Gasteiger partial charge in [-0.15, -0.1) is 0 Å². The van der Waals surface area contributed by atoms with Crippen molar-refractivity contribution in [3.8, 4) is 0 Å². The Labute approximate surface area is 135 Å². The average Bonchev–Trinajstić information content (AvgIpc) is 2.39. The number of nitrogens with two attached hydrogens (primary N) is 1. The number of amides is 1. The lowest BCUT2D eigenvalue weighted by molar-refractivity contribution is -0.117. The van der Waals surface area contributed by atoms with E-state index >= 15 is 0 Å². The molecule has 5 nitrogen and oxygen atoms in total. The number of likely N-dealkylation sites (N-methyl/N-ethyl adjacent to an activating group) is 1. The number of aliphatic hydroxyl groups excluding tert-OH is 1. The monoisotopic (exact) mass is 333 g/mol. The highest BCUT2D eigenvalue weighted by molar-refractivity contribution is 6.37. The van der Waals surface area contributed by atoms with Gasteiger partial charge in [0.1, 0.15) is 0 Å². The van der Waals surface area contributed by atoms with Crippen molar-refractivity contribution in [3.05, 3.63) is 22.2 Å². The number of hydrogen-bond acceptors (Lipinski definition) is 4. The van der Waals surface area contributed by atoms with Crippen LogP contribution in [0.2, 0.25) is 10.0 Å². The highest BCUT2D eigenvalue weighted by atomic mass is 35.5. The van der Waals surface area contributed by atoms with E-state index < -0.39 is 0 Å². The van der Waals surface area contributed by atoms with Crippen molar-refractivity contribution in [1.82, 2.24) is 4.90 Å². The molecule has 7 heteroatoms. The lowest BCUT2D eigenvalue weighted by Gasteiger charge is -2.17. The molecule has 0 aliphatic rings. The van der Waals surface area contributed by atoms with Gasteiger partial charge in [-0.05, 0) is 45.0 Å². The molecule has 0 aromatic heterocycles. The fourth-order valence-electron chi connectivity index (χ4n) is 1.90. The molecule has 21 heavy (non-hydrogen) atoms. The molecule has 0 radical (unpaired) electrons. The minimum absolute atomic E-state index is 0.185. The summed E-state index contributed by atoms with van der Waals surface area (Å²) in [4.78, 5) is 13.9. The number of rotatable bonds is 8. The first-order chi connectivity index (χ1) is 9.93. The van der Waals surface area contributed by atoms with Gasteiger partial charge in [0.2, 0.25) is 5.91 Å². The zero-order valence-corrected chi connectivity index (χ0v) is 13.5. The number of nitrogens with zero attached hydrogens (tertiary/aromatic N) is 1. The molecule has 0 saturated carbocycles. The maximum absolute atomic E-state index is 12.0. The number of unbranched alkanes of at least 4 members (excludes halogenated alkanes) is 2. The maximum Gasteiger partial charge on any atom is 0.238 e. The van der Waals surface area contributed by atoms with E-state index in [2.05, 4.69) is 5.32 Å². The van der Waals surface area contributed by atoms with E-state index in [9.17, 15) is 4.79 Å². The van der Waals surface area contributed by atoms with E-state index in [0.717, 1.165) is 25.8 Å². The number of nitrogens with one attached hydrogen (secondary N) is 1. The van der Waals surface area contributed by atoms with Crippen molar-refractivity contribution in [1.29, 1.82) is 0 Å². The smallest absolute Gasteiger partial charge is 0.238 e. The summed E-state index contributed by atoms with van der Waals surface area (Å²) >= 11 is 11.8. The standard InChI is InChI=1S/C14H21Cl2N3O2/c1-19(5-3-2-4-6-20)9-13(21)18-14-11(16)7-10(15)8-12(14)17/h7-8,20H,2-6,9,17H2,1H3,(H,18,21). The Balaban J connectivity index is 2.47. The quantitative estimate of drug-likeness (QED) is 0.504. The number of anilines is 2. The maximum atomic E-state index is 12.0. The summed E-state index contributed by atoms with van der Waals surface area (Å²) in [6, 6.07) is 3.08. The number of hydrogen-bond donors (Lipinski definition) is 3. The minimum atomic E-state index is -0.185. The zero-order valence-electron chi connectivity index (χ0n) is 12.0. The molecule has 1 aromatic rings. The first-order valence-corrected chi connectivity index (χ1v) is 7.53. The van der Waals surface area contributed by atoms with Gasteiger partial charge in [-0.2, -0.15) is 0 Å². The van der Waals surface area contributed by atoms with E-state index in [-0.39, 0.29) is 19.1 Å². The first kappa shape index (κ1) is 18.0. The van der Waals surface area contributed by atoms with Gasteiger partial charge < -0.3 is 16.2 Å². The van der Waals surface area contributed by atoms with Crippen LogP contribution in [-0.4, -0.2) is 42.7 Å². The molecule has 0 saturated heterocycles. The lowest BCUT2D eigenvalue weighted by atomic mass is 10.2. The summed E-state index contributed by atoms with van der Waals surface area (Å²) in [5, 5.41) is 12.1. The predicted octanol–water partition coefficient (Wildman–Crippen LogP) is 2.61. The Morgan fingerprint density at radius 2 is 2.05 bits per heavy atom. The second kappa shape index (κ2) is 9.10. The summed E-state index contributed by atoms with van der Waals surface area (Å²) in [5.41, 5.74) is 6.52. The van der Waals surface area contributed by atoms with Crippen LogP contribution in [0.4, 0.5) is 11.4 Å². The van der Waals surface area contributed by atoms with Crippen molar-refractivity contribution in [2.75, 3.05) is 37.8 Å². The van der Waals surface area contributed by atoms with Gasteiger partial charge in [-0.25, -0.2) is 0 Å². The molecule has 0 spiro atoms. The highest BCUT2D eigenvalue weighted by Gasteiger charge is 2.12. The van der Waals surface area contributed by atoms with E-state index in [0.29, 0.717) is 21.4 Å². The highest BCUT2D eigenvalue weighted by Crippen LogP contribution is 2.31. The molecule has 0 atom stereocenters. The van der Waals surface area contributed by atoms with Crippen molar-refractivity contribution in [2.24, 2.45) is 0 Å². The van der Waals surface area contributed by atoms with Crippen LogP contribution in [0.25, 0.3) is 0 Å². The van der Waals surface area contributed by atoms with Gasteiger partial charge in [0.05, 0.1) is 22.9 Å². The molecule has 0 heterocycles. The third kappa shape index (κ3) is 6.52. The first-order valence-electron chi connectivity index (χ1n) is 6.77. The van der Waals surface area contributed by atoms with Gasteiger partial charge in [-0.3, -0.25) is 9.69 Å². The Bertz CT molecular complexity index is 460. The van der Waals surface area contributed by atoms with Crippen molar-refractivity contribution in [3.63, 3.8) is 0 Å². The van der Waals surface area contributed by atoms with E-state index in [1.165, 1.54) is 6.07 Å². The van der Waals surface area contributed by atoms with Crippen LogP contribution < -0.4 is 11.1 Å². The summed E-state index contributed by atoms with van der Waals surface area (Å²) in [5.74, 6) is -0.185. The van der Waals surface area contributed by atoms with Crippen LogP contribution in [0.1, 0.15) is 19.3 Å². The lowest BCUT2D eigenvalue weighted by Crippen LogP contribution is -2.31. The number of halogens is 2. The number of aliphatic hydroxyl groups is 1. The van der Waals surface area contributed by atoms with Crippen LogP contribution in [0.15, 0.2) is 12.1 Å². The van der Waals surface area contributed by atoms with E-state index in [1.807, 2.05) is 11.9 Å². The van der Waals surface area contributed by atoms with Crippen LogP contribution in [-0.2, 0) is 4.79 Å². The fraction of sp³-hybridized carbons (Fsp3) is 0.500. The molecule has 1 aromatic carbocycles.